The summed E-state index contributed by atoms with van der Waals surface area (Å²) >= 11 is 0. The van der Waals surface area contributed by atoms with Gasteiger partial charge in [0.15, 0.2) is 11.6 Å². The number of carboxylic acid groups (broad SMARTS) is 2. The number of hydrogen-bond acceptors (Lipinski definition) is 6. The lowest BCUT2D eigenvalue weighted by Crippen LogP contribution is -2.19. The van der Waals surface area contributed by atoms with Crippen LogP contribution in [0.5, 0.6) is 0 Å². The Labute approximate surface area is 259 Å². The van der Waals surface area contributed by atoms with E-state index in [0.717, 1.165) is 22.3 Å². The van der Waals surface area contributed by atoms with Crippen molar-refractivity contribution in [1.82, 2.24) is 20.6 Å². The normalized spacial score (nSPS) is 16.7. The molecule has 236 valence electrons. The van der Waals surface area contributed by atoms with Gasteiger partial charge in [-0.05, 0) is 99.9 Å². The fourth-order valence-corrected chi connectivity index (χ4v) is 5.94. The molecule has 2 aromatic rings. The van der Waals surface area contributed by atoms with Crippen molar-refractivity contribution in [2.24, 2.45) is 0 Å². The van der Waals surface area contributed by atoms with Crippen LogP contribution in [0.4, 0.5) is 0 Å². The van der Waals surface area contributed by atoms with Crippen molar-refractivity contribution in [1.29, 1.82) is 0 Å². The Morgan fingerprint density at radius 3 is 1.29 bits per heavy atom. The minimum atomic E-state index is -0.965. The number of hydrogen-bond donors (Lipinski definition) is 6. The number of allylic oxidation sites excluding steroid dienone is 2. The van der Waals surface area contributed by atoms with E-state index in [2.05, 4.69) is 20.6 Å². The van der Waals surface area contributed by atoms with Gasteiger partial charge in [-0.15, -0.1) is 0 Å². The molecule has 0 radical (unpaired) electrons. The molecule has 2 amide bonds. The summed E-state index contributed by atoms with van der Waals surface area (Å²) in [6.07, 6.45) is 3.92. The predicted octanol–water partition coefficient (Wildman–Crippen LogP) is 3.34. The second-order valence-corrected chi connectivity index (χ2v) is 11.3. The van der Waals surface area contributed by atoms with E-state index < -0.39 is 23.8 Å². The van der Waals surface area contributed by atoms with Gasteiger partial charge in [-0.25, -0.2) is 0 Å². The largest absolute Gasteiger partial charge is 0.481 e. The summed E-state index contributed by atoms with van der Waals surface area (Å²) in [6, 6.07) is 0. The van der Waals surface area contributed by atoms with Gasteiger partial charge in [0.05, 0.1) is 11.1 Å². The van der Waals surface area contributed by atoms with Crippen molar-refractivity contribution in [2.75, 3.05) is 0 Å². The topological polar surface area (TPSA) is 199 Å². The molecule has 2 aliphatic rings. The van der Waals surface area contributed by atoms with Crippen molar-refractivity contribution >= 4 is 47.5 Å². The van der Waals surface area contributed by atoms with Crippen LogP contribution < -0.4 is 10.6 Å². The number of aromatic amines is 2. The molecule has 4 heterocycles. The highest BCUT2D eigenvalue weighted by molar-refractivity contribution is 6.23. The Bertz CT molecular complexity index is 1680. The van der Waals surface area contributed by atoms with Crippen LogP contribution in [0.15, 0.2) is 33.7 Å². The number of carbonyl (C=O) groups is 6. The van der Waals surface area contributed by atoms with E-state index in [0.29, 0.717) is 45.3 Å². The molecule has 0 atom stereocenters. The third-order valence-corrected chi connectivity index (χ3v) is 8.33. The first kappa shape index (κ1) is 32.6. The van der Waals surface area contributed by atoms with Crippen LogP contribution in [-0.4, -0.2) is 55.5 Å². The van der Waals surface area contributed by atoms with Gasteiger partial charge in [0.1, 0.15) is 0 Å². The Hall–Kier alpha value is -5.26. The first-order valence-electron chi connectivity index (χ1n) is 14.4. The summed E-state index contributed by atoms with van der Waals surface area (Å²) in [5.41, 5.74) is 7.90. The molecule has 0 saturated carbocycles. The third-order valence-electron chi connectivity index (χ3n) is 8.33. The molecule has 12 heteroatoms. The second-order valence-electron chi connectivity index (χ2n) is 11.3. The number of amides is 2. The third kappa shape index (κ3) is 6.64. The van der Waals surface area contributed by atoms with Gasteiger partial charge in [0, 0.05) is 53.4 Å². The zero-order chi connectivity index (χ0) is 33.3. The fourth-order valence-electron chi connectivity index (χ4n) is 5.94. The lowest BCUT2D eigenvalue weighted by Gasteiger charge is -2.07. The monoisotopic (exact) mass is 616 g/mol. The van der Waals surface area contributed by atoms with E-state index in [1.807, 2.05) is 13.8 Å². The molecule has 0 unspecified atom stereocenters. The van der Waals surface area contributed by atoms with Crippen LogP contribution in [0.1, 0.15) is 85.6 Å². The first-order chi connectivity index (χ1) is 21.1. The number of H-pyrrole nitrogens is 2. The smallest absolute Gasteiger partial charge is 0.303 e. The average molecular weight is 617 g/mol. The highest BCUT2D eigenvalue weighted by Crippen LogP contribution is 2.31. The highest BCUT2D eigenvalue weighted by atomic mass is 16.4. The summed E-state index contributed by atoms with van der Waals surface area (Å²) < 4.78 is 0. The van der Waals surface area contributed by atoms with Crippen molar-refractivity contribution in [3.63, 3.8) is 0 Å². The number of carboxylic acids is 2. The number of nitrogens with one attached hydrogen (secondary N) is 4. The van der Waals surface area contributed by atoms with Gasteiger partial charge in [0.2, 0.25) is 0 Å². The zero-order valence-electron chi connectivity index (χ0n) is 26.0. The molecule has 6 N–H and O–H groups in total. The van der Waals surface area contributed by atoms with Gasteiger partial charge in [-0.3, -0.25) is 28.8 Å². The molecular formula is C33H36N4O8. The summed E-state index contributed by atoms with van der Waals surface area (Å²) in [5.74, 6) is -3.58. The van der Waals surface area contributed by atoms with E-state index >= 15 is 0 Å². The number of aromatic nitrogens is 2. The number of aliphatic carboxylic acids is 2. The summed E-state index contributed by atoms with van der Waals surface area (Å²) in [7, 11) is 0. The SMILES string of the molecule is CC(=O)C1=C(C)/C(=C/c2[nH]c(Cc3[nH]c(/C=C4\NC(=O)C(C(C)=O)=C4C)c(C)c3CCC(=O)O)c(CCC(=O)O)c2C)NC1=O. The van der Waals surface area contributed by atoms with Gasteiger partial charge in [-0.2, -0.15) is 0 Å². The van der Waals surface area contributed by atoms with Gasteiger partial charge < -0.3 is 30.8 Å². The first-order valence-corrected chi connectivity index (χ1v) is 14.4. The summed E-state index contributed by atoms with van der Waals surface area (Å²) in [6.45, 7) is 9.71. The molecule has 45 heavy (non-hydrogen) atoms. The Morgan fingerprint density at radius 1 is 0.644 bits per heavy atom. The maximum atomic E-state index is 12.4. The quantitative estimate of drug-likeness (QED) is 0.195. The lowest BCUT2D eigenvalue weighted by molar-refractivity contribution is -0.138. The van der Waals surface area contributed by atoms with Crippen LogP contribution in [0, 0.1) is 13.8 Å². The zero-order valence-corrected chi connectivity index (χ0v) is 26.0. The molecule has 0 saturated heterocycles. The van der Waals surface area contributed by atoms with E-state index in [1.165, 1.54) is 13.8 Å². The molecule has 0 bridgehead atoms. The minimum absolute atomic E-state index is 0.0855. The van der Waals surface area contributed by atoms with Crippen LogP contribution >= 0.6 is 0 Å². The van der Waals surface area contributed by atoms with E-state index in [4.69, 9.17) is 0 Å². The molecule has 0 aliphatic carbocycles. The number of carbonyl (C=O) groups excluding carboxylic acids is 4. The maximum absolute atomic E-state index is 12.4. The fraction of sp³-hybridized carbons (Fsp3) is 0.333. The van der Waals surface area contributed by atoms with Crippen molar-refractivity contribution in [3.8, 4) is 0 Å². The van der Waals surface area contributed by atoms with Crippen LogP contribution in [0.3, 0.4) is 0 Å². The lowest BCUT2D eigenvalue weighted by atomic mass is 9.98. The second kappa shape index (κ2) is 12.8. The summed E-state index contributed by atoms with van der Waals surface area (Å²) in [5, 5.41) is 24.3. The summed E-state index contributed by atoms with van der Waals surface area (Å²) in [4.78, 5) is 78.6. The van der Waals surface area contributed by atoms with Crippen LogP contribution in [0.25, 0.3) is 12.2 Å². The number of Topliss-reactive ketones (excluding diaryl/α,β-unsaturated/α-hetero) is 2. The van der Waals surface area contributed by atoms with E-state index in [1.54, 1.807) is 26.0 Å². The van der Waals surface area contributed by atoms with Gasteiger partial charge in [0.25, 0.3) is 11.8 Å². The molecular weight excluding hydrogens is 580 g/mol. The molecule has 0 spiro atoms. The Morgan fingerprint density at radius 2 is 1.00 bits per heavy atom. The van der Waals surface area contributed by atoms with Crippen molar-refractivity contribution in [2.45, 2.75) is 73.6 Å². The molecule has 4 rings (SSSR count). The van der Waals surface area contributed by atoms with Crippen molar-refractivity contribution in [3.05, 3.63) is 78.7 Å². The highest BCUT2D eigenvalue weighted by Gasteiger charge is 2.29. The maximum Gasteiger partial charge on any atom is 0.303 e. The average Bonchev–Trinajstić information content (AvgIpc) is 3.58. The molecule has 12 nitrogen and oxygen atoms in total. The van der Waals surface area contributed by atoms with Gasteiger partial charge in [-0.1, -0.05) is 0 Å². The predicted molar refractivity (Wildman–Crippen MR) is 165 cm³/mol. The molecule has 0 fully saturated rings. The van der Waals surface area contributed by atoms with Crippen LogP contribution in [-0.2, 0) is 48.0 Å². The standard InChI is InChI=1S/C33H36N4O8/c1-14-20(7-9-28(40)41)26(34-22(14)11-24-16(3)30(18(5)38)32(44)36-24)13-27-21(8-10-29(42)43)15(2)23(35-27)12-25-17(4)31(19(6)39)33(45)37-25/h11-12,34-35H,7-10,13H2,1-6H3,(H,36,44)(H,37,45)(H,40,41)(H,42,43)/b24-11-,25-12-. The van der Waals surface area contributed by atoms with Gasteiger partial charge >= 0.3 is 11.9 Å². The molecule has 2 aliphatic heterocycles. The van der Waals surface area contributed by atoms with E-state index in [9.17, 15) is 39.0 Å². The van der Waals surface area contributed by atoms with E-state index in [-0.39, 0.29) is 54.8 Å². The Balaban J connectivity index is 1.81. The number of ketones is 2. The minimum Gasteiger partial charge on any atom is -0.481 e. The molecule has 0 aromatic carbocycles. The Kier molecular flexibility index (Phi) is 9.26. The molecule has 2 aromatic heterocycles. The van der Waals surface area contributed by atoms with Crippen LogP contribution in [0.2, 0.25) is 0 Å². The van der Waals surface area contributed by atoms with Crippen molar-refractivity contribution < 1.29 is 39.0 Å². The number of rotatable bonds is 12.